The van der Waals surface area contributed by atoms with E-state index in [0.717, 1.165) is 41.7 Å². The monoisotopic (exact) mass is 2040 g/mol. The first-order valence-corrected chi connectivity index (χ1v) is 43.7. The number of carbonyl (C=O) groups is 7. The van der Waals surface area contributed by atoms with Gasteiger partial charge in [-0.25, -0.2) is 18.4 Å². The molecule has 5 amide bonds. The summed E-state index contributed by atoms with van der Waals surface area (Å²) in [4.78, 5) is 90.0. The molecule has 0 aliphatic carbocycles. The topological polar surface area (TPSA) is 931 Å². The van der Waals surface area contributed by atoms with Crippen LogP contribution in [0.1, 0.15) is 47.5 Å². The van der Waals surface area contributed by atoms with Crippen molar-refractivity contribution < 1.29 is 280 Å². The number of halogens is 2. The largest absolute Gasteiger partial charge is 0.477 e. The molecule has 33 N–H and O–H groups in total. The van der Waals surface area contributed by atoms with Crippen molar-refractivity contribution in [1.29, 1.82) is 0 Å². The fourth-order valence-electron chi connectivity index (χ4n) is 17.9. The van der Waals surface area contributed by atoms with Gasteiger partial charge in [0.25, 0.3) is 11.6 Å². The highest BCUT2D eigenvalue weighted by Gasteiger charge is 2.66. The Bertz CT molecular complexity index is 3960. The van der Waals surface area contributed by atoms with Gasteiger partial charge in [-0.2, -0.15) is 0 Å². The zero-order chi connectivity index (χ0) is 103. The summed E-state index contributed by atoms with van der Waals surface area (Å²) >= 11 is 0. The lowest BCUT2D eigenvalue weighted by Gasteiger charge is -2.51. The second-order valence-corrected chi connectivity index (χ2v) is 34.7. The Balaban J connectivity index is 0.937. The molecule has 10 fully saturated rings. The van der Waals surface area contributed by atoms with Crippen molar-refractivity contribution >= 4 is 41.5 Å². The molecular weight excluding hydrogens is 1910 g/mol. The Labute approximate surface area is 784 Å². The molecule has 0 aromatic rings. The van der Waals surface area contributed by atoms with Crippen LogP contribution >= 0.6 is 0 Å². The zero-order valence-electron chi connectivity index (χ0n) is 74.7. The van der Waals surface area contributed by atoms with E-state index in [1.165, 1.54) is 0 Å². The highest BCUT2D eigenvalue weighted by Crippen LogP contribution is 2.45. The highest BCUT2D eigenvalue weighted by atomic mass is 19.1. The van der Waals surface area contributed by atoms with Gasteiger partial charge in [0.15, 0.2) is 62.7 Å². The van der Waals surface area contributed by atoms with Crippen molar-refractivity contribution in [3.05, 3.63) is 0 Å². The van der Waals surface area contributed by atoms with Crippen LogP contribution in [0, 0.1) is 0 Å². The minimum Gasteiger partial charge on any atom is -0.477 e. The number of carbonyl (C=O) groups excluding carboxylic acids is 5. The second-order valence-electron chi connectivity index (χ2n) is 34.7. The van der Waals surface area contributed by atoms with Crippen molar-refractivity contribution in [3.63, 3.8) is 0 Å². The number of ether oxygens (including phenoxy) is 20. The predicted octanol–water partition coefficient (Wildman–Crippen LogP) is -21.1. The molecule has 50 unspecified atom stereocenters. The maximum absolute atomic E-state index is 16.0. The van der Waals surface area contributed by atoms with Crippen LogP contribution in [0.5, 0.6) is 0 Å². The van der Waals surface area contributed by atoms with Gasteiger partial charge in [-0.05, 0) is 0 Å². The van der Waals surface area contributed by atoms with E-state index < -0.39 is 438 Å². The number of amides is 5. The van der Waals surface area contributed by atoms with E-state index in [1.807, 2.05) is 0 Å². The molecule has 62 heteroatoms. The summed E-state index contributed by atoms with van der Waals surface area (Å²) in [6.07, 6.45) is -107. The first-order valence-electron chi connectivity index (χ1n) is 43.7. The smallest absolute Gasteiger partial charge is 0.364 e. The van der Waals surface area contributed by atoms with Crippen LogP contribution in [0.25, 0.3) is 0 Å². The van der Waals surface area contributed by atoms with Crippen molar-refractivity contribution in [2.24, 2.45) is 0 Å². The van der Waals surface area contributed by atoms with Crippen LogP contribution in [0.2, 0.25) is 0 Å². The average molecular weight is 2040 g/mol. The minimum atomic E-state index is -3.41. The molecule has 139 heavy (non-hydrogen) atoms. The van der Waals surface area contributed by atoms with E-state index in [4.69, 9.17) is 94.7 Å². The molecule has 0 saturated carbocycles. The normalized spacial score (nSPS) is 45.9. The molecule has 802 valence electrons. The van der Waals surface area contributed by atoms with Crippen LogP contribution in [-0.4, -0.2) is 576 Å². The van der Waals surface area contributed by atoms with Crippen LogP contribution in [-0.2, 0) is 128 Å². The first kappa shape index (κ1) is 115. The van der Waals surface area contributed by atoms with Gasteiger partial charge < -0.3 is 264 Å². The average Bonchev–Trinajstić information content (AvgIpc) is 0.752. The summed E-state index contributed by atoms with van der Waals surface area (Å²) in [6.45, 7) is -8.16. The van der Waals surface area contributed by atoms with Gasteiger partial charge in [0.2, 0.25) is 29.5 Å². The minimum absolute atomic E-state index is 0.820. The lowest BCUT2D eigenvalue weighted by molar-refractivity contribution is -0.400. The van der Waals surface area contributed by atoms with E-state index in [0.29, 0.717) is 0 Å². The van der Waals surface area contributed by atoms with Gasteiger partial charge in [-0.15, -0.1) is 0 Å². The van der Waals surface area contributed by atoms with Crippen LogP contribution in [0.15, 0.2) is 0 Å². The summed E-state index contributed by atoms with van der Waals surface area (Å²) in [5.74, 6) is -16.1. The number of aliphatic hydroxyl groups is 26. The van der Waals surface area contributed by atoms with E-state index in [-0.39, 0.29) is 0 Å². The lowest BCUT2D eigenvalue weighted by Crippen LogP contribution is -2.71. The van der Waals surface area contributed by atoms with Gasteiger partial charge in [-0.1, -0.05) is 0 Å². The van der Waals surface area contributed by atoms with Crippen molar-refractivity contribution in [2.75, 3.05) is 73.2 Å². The fourth-order valence-corrected chi connectivity index (χ4v) is 17.9. The van der Waals surface area contributed by atoms with Crippen molar-refractivity contribution in [3.8, 4) is 0 Å². The Hall–Kier alpha value is -5.69. The Kier molecular flexibility index (Phi) is 41.2. The maximum atomic E-state index is 16.0. The quantitative estimate of drug-likeness (QED) is 0.0271. The molecule has 10 saturated heterocycles. The summed E-state index contributed by atoms with van der Waals surface area (Å²) in [7, 11) is 1.07. The third kappa shape index (κ3) is 25.4. The van der Waals surface area contributed by atoms with Crippen molar-refractivity contribution in [1.82, 2.24) is 26.6 Å². The Morgan fingerprint density at radius 2 is 0.583 bits per heavy atom. The number of hydrogen-bond acceptors (Lipinski definition) is 53. The molecule has 0 radical (unpaired) electrons. The van der Waals surface area contributed by atoms with Gasteiger partial charge in [0.1, 0.15) is 220 Å². The third-order valence-corrected chi connectivity index (χ3v) is 24.9. The SMILES string of the molecule is COC1OC(CO)C(OC2OC(COC3OC(CO)C(O)C(O)C3OC3OC(CO)C(OC4OC(CO)C(O)C(OC5(C(=O)O)CC(O)C(NC(C)=O)C([C@H](F)C(O)CO)O5)C4O)C(O)C3NC(C)=O)C(O)C(OC3OC(CO)C(O)C(O)C3OC3OC(CO)C(OC4OC(CO)C(O)C(OC5(C(=O)O)CC(O)C(NC(C)=O)C([C@H](F)C(O)CO)O5)C4O)C(O)C3NC(C)=O)C2O)C(O)C1NC(C)=O. The first-order chi connectivity index (χ1) is 65.5. The standard InChI is InChI=1S/C77H125F2N5O55/c1-19(94)80-38-24(99)7-76(74(116)117,136-59(38)36(78)26(101)9-85)138-62-45(105)30(13-89)122-70(54(62)114)131-57-33(16-92)127-67(41(49(57)109)83-22(4)97)134-64-51(111)43(103)28(11-87)124-72(64)121-18-35-47(107)61(53(113)69(129-35)130-56-32(15-91)126-66(120-6)40(48(56)108)82-21(3)96)133-73-65(52(112)44(104)29(12-88)125-73)135-68-42(84-23(5)98)50(110)58(34(17-93)128-68)132-71-55(115)63(46(106)31(14-90)123-71)139-77(75(118)119)8-25(100)39(81-20(2)95)60(137-77)37(79)27(102)10-86/h24-73,85-93,99-115H,7-18H2,1-6H3,(H,80,94)(H,81,95)(H,82,96)(H,83,97)(H,84,98)(H,116,117)(H,118,119)/t24?,25?,26?,27?,28?,29?,30?,31?,32?,33?,34?,35?,36-,37-,38?,39?,40?,41?,42?,43?,44?,45?,46?,47?,48?,49?,50?,51?,52?,53?,54?,55?,56?,57?,58?,59?,60?,61?,62?,63?,64?,65?,66?,67?,68?,69?,70?,71?,72?,73?,76?,77?/m1/s1. The number of alkyl halides is 2. The number of nitrogens with one attached hydrogen (secondary N) is 5. The van der Waals surface area contributed by atoms with Crippen LogP contribution < -0.4 is 26.6 Å². The summed E-state index contributed by atoms with van der Waals surface area (Å²) in [5, 5.41) is 326. The molecule has 10 aliphatic heterocycles. The molecule has 0 aromatic carbocycles. The number of aliphatic hydroxyl groups excluding tert-OH is 26. The number of carboxylic acid groups (broad SMARTS) is 2. The van der Waals surface area contributed by atoms with E-state index in [2.05, 4.69) is 26.6 Å². The highest BCUT2D eigenvalue weighted by molar-refractivity contribution is 5.78. The Morgan fingerprint density at radius 3 is 0.906 bits per heavy atom. The number of methoxy groups -OCH3 is 1. The van der Waals surface area contributed by atoms with Gasteiger partial charge >= 0.3 is 11.9 Å². The van der Waals surface area contributed by atoms with Gasteiger partial charge in [0, 0.05) is 54.6 Å². The zero-order valence-corrected chi connectivity index (χ0v) is 74.7. The summed E-state index contributed by atoms with van der Waals surface area (Å²) in [5.41, 5.74) is 0. The maximum Gasteiger partial charge on any atom is 0.364 e. The molecule has 60 nitrogen and oxygen atoms in total. The molecule has 0 bridgehead atoms. The number of hydrogen-bond donors (Lipinski definition) is 33. The molecule has 0 aromatic heterocycles. The molecule has 52 atom stereocenters. The molecule has 10 heterocycles. The van der Waals surface area contributed by atoms with Crippen molar-refractivity contribution in [2.45, 2.75) is 366 Å². The summed E-state index contributed by atoms with van der Waals surface area (Å²) in [6, 6.07) is -9.67. The summed E-state index contributed by atoms with van der Waals surface area (Å²) < 4.78 is 150. The molecule has 0 spiro atoms. The van der Waals surface area contributed by atoms with Gasteiger partial charge in [0.05, 0.1) is 90.4 Å². The third-order valence-electron chi connectivity index (χ3n) is 24.9. The van der Waals surface area contributed by atoms with Crippen LogP contribution in [0.3, 0.4) is 0 Å². The molecule has 10 aliphatic rings. The number of carboxylic acids is 2. The van der Waals surface area contributed by atoms with E-state index in [9.17, 15) is 177 Å². The predicted molar refractivity (Wildman–Crippen MR) is 425 cm³/mol. The number of aliphatic carboxylic acids is 2. The fraction of sp³-hybridized carbons (Fsp3) is 0.909. The molecule has 10 rings (SSSR count). The number of rotatable bonds is 40. The lowest BCUT2D eigenvalue weighted by atomic mass is 9.88. The molecular formula is C77H125F2N5O55. The Morgan fingerprint density at radius 1 is 0.317 bits per heavy atom. The van der Waals surface area contributed by atoms with E-state index >= 15 is 8.78 Å². The van der Waals surface area contributed by atoms with E-state index in [1.54, 1.807) is 0 Å². The second kappa shape index (κ2) is 49.7. The van der Waals surface area contributed by atoms with Gasteiger partial charge in [-0.3, -0.25) is 24.0 Å². The van der Waals surface area contributed by atoms with Crippen LogP contribution in [0.4, 0.5) is 8.78 Å².